The molecule has 3 atom stereocenters. The molecule has 2 heterocycles. The Hall–Kier alpha value is -3.46. The average Bonchev–Trinajstić information content (AvgIpc) is 3.68. The molecule has 0 unspecified atom stereocenters. The van der Waals surface area contributed by atoms with Gasteiger partial charge < -0.3 is 15.8 Å². The van der Waals surface area contributed by atoms with Gasteiger partial charge in [-0.05, 0) is 73.6 Å². The number of amides is 1. The molecule has 2 aliphatic carbocycles. The van der Waals surface area contributed by atoms with Gasteiger partial charge in [0.2, 0.25) is 0 Å². The van der Waals surface area contributed by atoms with Crippen LogP contribution in [-0.2, 0) is 0 Å². The molecule has 0 radical (unpaired) electrons. The number of rotatable bonds is 7. The minimum absolute atomic E-state index is 0.0285. The molecule has 2 fully saturated rings. The molecule has 37 heavy (non-hydrogen) atoms. The molecule has 2 saturated carbocycles. The largest absolute Gasteiger partial charge is 0.493 e. The first kappa shape index (κ1) is 25.2. The number of nitrogens with two attached hydrogens (primary N) is 1. The summed E-state index contributed by atoms with van der Waals surface area (Å²) >= 11 is 0. The number of nitrogens with zero attached hydrogens (tertiary/aromatic N) is 2. The Balaban J connectivity index is 1.39. The van der Waals surface area contributed by atoms with Crippen molar-refractivity contribution in [1.82, 2.24) is 9.97 Å². The van der Waals surface area contributed by atoms with Gasteiger partial charge in [0.05, 0.1) is 24.1 Å². The molecule has 0 saturated heterocycles. The Bertz CT molecular complexity index is 1280. The molecular formula is C28H29F3N4O2. The summed E-state index contributed by atoms with van der Waals surface area (Å²) < 4.78 is 49.9. The molecule has 3 aromatic rings. The summed E-state index contributed by atoms with van der Waals surface area (Å²) in [6.45, 7) is 2.53. The third-order valence-corrected chi connectivity index (χ3v) is 7.04. The molecular weight excluding hydrogens is 481 g/mol. The summed E-state index contributed by atoms with van der Waals surface area (Å²) in [7, 11) is 0. The van der Waals surface area contributed by atoms with E-state index in [2.05, 4.69) is 22.2 Å². The van der Waals surface area contributed by atoms with Crippen molar-refractivity contribution >= 4 is 11.6 Å². The lowest BCUT2D eigenvalue weighted by Crippen LogP contribution is -2.31. The number of nitrogens with one attached hydrogen (secondary N) is 1. The van der Waals surface area contributed by atoms with Crippen LogP contribution in [0.1, 0.15) is 61.0 Å². The standard InChI is InChI=1S/C28H29F3N4O2/c1-15-8-17(10-18(32)9-15)20-6-7-33-13-25(20)35-28(36)24-5-4-21(29)27(34-24)26-22(30)11-19(12-23(26)31)37-14-16-2-3-16/h4-7,11-13,15-18H,2-3,8-10,14,32H2,1H3,(H,35,36)/t15-,17+,18-/m0/s1. The minimum Gasteiger partial charge on any atom is -0.493 e. The maximum atomic E-state index is 14.9. The number of aromatic nitrogens is 2. The Morgan fingerprint density at radius 3 is 2.54 bits per heavy atom. The van der Waals surface area contributed by atoms with Crippen molar-refractivity contribution in [3.05, 3.63) is 71.4 Å². The number of carbonyl (C=O) groups excluding carboxylic acids is 1. The van der Waals surface area contributed by atoms with Crippen molar-refractivity contribution in [2.45, 2.75) is 51.0 Å². The van der Waals surface area contributed by atoms with Gasteiger partial charge in [0.25, 0.3) is 5.91 Å². The molecule has 6 nitrogen and oxygen atoms in total. The number of carbonyl (C=O) groups is 1. The molecule has 2 aromatic heterocycles. The van der Waals surface area contributed by atoms with Gasteiger partial charge in [-0.15, -0.1) is 0 Å². The quantitative estimate of drug-likeness (QED) is 0.417. The van der Waals surface area contributed by atoms with E-state index in [1.54, 1.807) is 12.4 Å². The summed E-state index contributed by atoms with van der Waals surface area (Å²) in [4.78, 5) is 21.2. The minimum atomic E-state index is -1.02. The monoisotopic (exact) mass is 510 g/mol. The van der Waals surface area contributed by atoms with E-state index in [0.717, 1.165) is 55.9 Å². The third-order valence-electron chi connectivity index (χ3n) is 7.04. The molecule has 3 N–H and O–H groups in total. The SMILES string of the molecule is C[C@@H]1C[C@H](N)C[C@H](c2ccncc2NC(=O)c2ccc(F)c(-c3c(F)cc(OCC4CC4)cc3F)n2)C1. The second-order valence-electron chi connectivity index (χ2n) is 10.2. The maximum absolute atomic E-state index is 14.9. The van der Waals surface area contributed by atoms with Crippen molar-refractivity contribution in [2.24, 2.45) is 17.6 Å². The fourth-order valence-corrected chi connectivity index (χ4v) is 5.06. The highest BCUT2D eigenvalue weighted by atomic mass is 19.1. The number of benzene rings is 1. The van der Waals surface area contributed by atoms with Crippen LogP contribution >= 0.6 is 0 Å². The molecule has 0 bridgehead atoms. The summed E-state index contributed by atoms with van der Waals surface area (Å²) in [5, 5.41) is 2.79. The molecule has 1 amide bonds. The summed E-state index contributed by atoms with van der Waals surface area (Å²) in [6, 6.07) is 6.08. The molecule has 194 valence electrons. The number of anilines is 1. The first-order valence-electron chi connectivity index (χ1n) is 12.6. The summed E-state index contributed by atoms with van der Waals surface area (Å²) in [5.74, 6) is -2.61. The van der Waals surface area contributed by atoms with Crippen molar-refractivity contribution in [1.29, 1.82) is 0 Å². The van der Waals surface area contributed by atoms with Crippen LogP contribution in [-0.4, -0.2) is 28.5 Å². The van der Waals surface area contributed by atoms with E-state index in [4.69, 9.17) is 10.5 Å². The Morgan fingerprint density at radius 1 is 1.08 bits per heavy atom. The summed E-state index contributed by atoms with van der Waals surface area (Å²) in [6.07, 6.45) is 7.93. The first-order chi connectivity index (χ1) is 17.8. The van der Waals surface area contributed by atoms with E-state index < -0.39 is 34.6 Å². The third kappa shape index (κ3) is 5.77. The molecule has 2 aliphatic rings. The highest BCUT2D eigenvalue weighted by molar-refractivity contribution is 6.03. The topological polar surface area (TPSA) is 90.1 Å². The second kappa shape index (κ2) is 10.5. The zero-order valence-electron chi connectivity index (χ0n) is 20.5. The molecule has 0 spiro atoms. The van der Waals surface area contributed by atoms with E-state index >= 15 is 0 Å². The fraction of sp³-hybridized carbons (Fsp3) is 0.393. The first-order valence-corrected chi connectivity index (χ1v) is 12.6. The predicted molar refractivity (Wildman–Crippen MR) is 134 cm³/mol. The summed E-state index contributed by atoms with van der Waals surface area (Å²) in [5.41, 5.74) is 6.21. The lowest BCUT2D eigenvalue weighted by Gasteiger charge is -2.32. The van der Waals surface area contributed by atoms with E-state index in [9.17, 15) is 18.0 Å². The van der Waals surface area contributed by atoms with Gasteiger partial charge in [-0.2, -0.15) is 0 Å². The van der Waals surface area contributed by atoms with Crippen LogP contribution in [0.4, 0.5) is 18.9 Å². The van der Waals surface area contributed by atoms with Gasteiger partial charge in [0, 0.05) is 24.4 Å². The molecule has 5 rings (SSSR count). The average molecular weight is 511 g/mol. The van der Waals surface area contributed by atoms with Crippen molar-refractivity contribution in [3.8, 4) is 17.0 Å². The van der Waals surface area contributed by atoms with Crippen LogP contribution in [0.2, 0.25) is 0 Å². The molecule has 9 heteroatoms. The van der Waals surface area contributed by atoms with Crippen LogP contribution in [0.25, 0.3) is 11.3 Å². The number of halogens is 3. The van der Waals surface area contributed by atoms with Gasteiger partial charge in [-0.25, -0.2) is 18.2 Å². The molecule has 1 aromatic carbocycles. The lowest BCUT2D eigenvalue weighted by atomic mass is 9.76. The number of ether oxygens (including phenoxy) is 1. The second-order valence-corrected chi connectivity index (χ2v) is 10.2. The van der Waals surface area contributed by atoms with E-state index in [1.165, 1.54) is 6.07 Å². The Kier molecular flexibility index (Phi) is 7.15. The van der Waals surface area contributed by atoms with Crippen LogP contribution in [0, 0.1) is 29.3 Å². The Labute approximate surface area is 213 Å². The molecule has 0 aliphatic heterocycles. The van der Waals surface area contributed by atoms with E-state index in [1.807, 2.05) is 6.07 Å². The number of hydrogen-bond donors (Lipinski definition) is 2. The van der Waals surface area contributed by atoms with Crippen LogP contribution in [0.15, 0.2) is 42.7 Å². The highest BCUT2D eigenvalue weighted by Gasteiger charge is 2.28. The van der Waals surface area contributed by atoms with Crippen LogP contribution < -0.4 is 15.8 Å². The van der Waals surface area contributed by atoms with Gasteiger partial charge in [0.15, 0.2) is 0 Å². The Morgan fingerprint density at radius 2 is 1.84 bits per heavy atom. The number of hydrogen-bond acceptors (Lipinski definition) is 5. The van der Waals surface area contributed by atoms with Crippen LogP contribution in [0.5, 0.6) is 5.75 Å². The smallest absolute Gasteiger partial charge is 0.274 e. The van der Waals surface area contributed by atoms with Gasteiger partial charge in [-0.3, -0.25) is 9.78 Å². The fourth-order valence-electron chi connectivity index (χ4n) is 5.06. The van der Waals surface area contributed by atoms with E-state index in [0.29, 0.717) is 24.1 Å². The zero-order valence-corrected chi connectivity index (χ0v) is 20.5. The van der Waals surface area contributed by atoms with E-state index in [-0.39, 0.29) is 23.4 Å². The maximum Gasteiger partial charge on any atom is 0.274 e. The number of pyridine rings is 2. The van der Waals surface area contributed by atoms with Crippen molar-refractivity contribution < 1.29 is 22.7 Å². The lowest BCUT2D eigenvalue weighted by molar-refractivity contribution is 0.102. The van der Waals surface area contributed by atoms with Gasteiger partial charge in [-0.1, -0.05) is 6.92 Å². The van der Waals surface area contributed by atoms with Crippen molar-refractivity contribution in [2.75, 3.05) is 11.9 Å². The normalized spacial score (nSPS) is 21.5. The van der Waals surface area contributed by atoms with Gasteiger partial charge >= 0.3 is 0 Å². The van der Waals surface area contributed by atoms with Crippen molar-refractivity contribution in [3.63, 3.8) is 0 Å². The van der Waals surface area contributed by atoms with Crippen LogP contribution in [0.3, 0.4) is 0 Å². The highest BCUT2D eigenvalue weighted by Crippen LogP contribution is 2.38. The van der Waals surface area contributed by atoms with Gasteiger partial charge in [0.1, 0.15) is 34.6 Å². The predicted octanol–water partition coefficient (Wildman–Crippen LogP) is 5.83. The zero-order chi connectivity index (χ0) is 26.1.